The van der Waals surface area contributed by atoms with E-state index in [-0.39, 0.29) is 11.4 Å². The van der Waals surface area contributed by atoms with E-state index in [4.69, 9.17) is 20.8 Å². The first kappa shape index (κ1) is 20.1. The summed E-state index contributed by atoms with van der Waals surface area (Å²) in [6.45, 7) is 1.30. The van der Waals surface area contributed by atoms with Crippen molar-refractivity contribution in [2.45, 2.75) is 6.92 Å². The number of halogens is 1. The van der Waals surface area contributed by atoms with E-state index in [9.17, 15) is 19.7 Å². The summed E-state index contributed by atoms with van der Waals surface area (Å²) in [5.74, 6) is -1.09. The summed E-state index contributed by atoms with van der Waals surface area (Å²) in [4.78, 5) is 34.3. The van der Waals surface area contributed by atoms with Gasteiger partial charge in [-0.2, -0.15) is 0 Å². The van der Waals surface area contributed by atoms with Crippen LogP contribution in [0.4, 0.5) is 11.4 Å². The van der Waals surface area contributed by atoms with Gasteiger partial charge in [-0.3, -0.25) is 14.9 Å². The highest BCUT2D eigenvalue weighted by Gasteiger charge is 2.16. The molecule has 0 bridgehead atoms. The average molecular weight is 415 g/mol. The van der Waals surface area contributed by atoms with Crippen LogP contribution in [0.1, 0.15) is 16.1 Å². The van der Waals surface area contributed by atoms with E-state index in [0.29, 0.717) is 22.0 Å². The molecule has 148 valence electrons. The predicted molar refractivity (Wildman–Crippen MR) is 106 cm³/mol. The number of aryl methyl sites for hydroxylation is 1. The monoisotopic (exact) mass is 414 g/mol. The van der Waals surface area contributed by atoms with E-state index < -0.39 is 23.4 Å². The number of carbonyl (C=O) groups is 2. The van der Waals surface area contributed by atoms with Crippen molar-refractivity contribution in [1.82, 2.24) is 0 Å². The largest absolute Gasteiger partial charge is 0.450 e. The van der Waals surface area contributed by atoms with Gasteiger partial charge in [0.1, 0.15) is 5.76 Å². The van der Waals surface area contributed by atoms with E-state index in [0.717, 1.165) is 5.56 Å². The maximum Gasteiger partial charge on any atom is 0.374 e. The van der Waals surface area contributed by atoms with Crippen LogP contribution in [0.5, 0.6) is 0 Å². The summed E-state index contributed by atoms with van der Waals surface area (Å²) in [6, 6.07) is 13.7. The first-order chi connectivity index (χ1) is 13.8. The number of amides is 1. The number of hydrogen-bond donors (Lipinski definition) is 1. The Labute approximate surface area is 170 Å². The smallest absolute Gasteiger partial charge is 0.374 e. The highest BCUT2D eigenvalue weighted by molar-refractivity contribution is 6.31. The number of nitrogens with one attached hydrogen (secondary N) is 1. The minimum atomic E-state index is -0.809. The van der Waals surface area contributed by atoms with Crippen LogP contribution >= 0.6 is 11.6 Å². The Balaban J connectivity index is 1.59. The van der Waals surface area contributed by atoms with Gasteiger partial charge in [0.25, 0.3) is 11.6 Å². The van der Waals surface area contributed by atoms with E-state index >= 15 is 0 Å². The van der Waals surface area contributed by atoms with Crippen molar-refractivity contribution in [3.8, 4) is 11.3 Å². The Hall–Kier alpha value is -3.65. The van der Waals surface area contributed by atoms with Crippen molar-refractivity contribution in [3.05, 3.63) is 81.1 Å². The van der Waals surface area contributed by atoms with Crippen LogP contribution < -0.4 is 5.32 Å². The Morgan fingerprint density at radius 3 is 2.55 bits per heavy atom. The fourth-order valence-electron chi connectivity index (χ4n) is 2.47. The number of furan rings is 1. The second kappa shape index (κ2) is 8.57. The fraction of sp³-hybridized carbons (Fsp3) is 0.100. The zero-order valence-electron chi connectivity index (χ0n) is 15.2. The third kappa shape index (κ3) is 4.99. The van der Waals surface area contributed by atoms with Gasteiger partial charge in [-0.1, -0.05) is 17.7 Å². The molecule has 0 saturated heterocycles. The molecule has 2 aromatic carbocycles. The van der Waals surface area contributed by atoms with Gasteiger partial charge < -0.3 is 14.5 Å². The highest BCUT2D eigenvalue weighted by Crippen LogP contribution is 2.25. The number of nitro benzene ring substituents is 1. The molecule has 0 radical (unpaired) electrons. The highest BCUT2D eigenvalue weighted by atomic mass is 35.5. The summed E-state index contributed by atoms with van der Waals surface area (Å²) >= 11 is 5.90. The van der Waals surface area contributed by atoms with Crippen molar-refractivity contribution < 1.29 is 23.7 Å². The van der Waals surface area contributed by atoms with Crippen LogP contribution in [0, 0.1) is 17.0 Å². The molecule has 0 spiro atoms. The maximum atomic E-state index is 12.1. The Morgan fingerprint density at radius 1 is 1.14 bits per heavy atom. The molecular formula is C20H15ClN2O6. The molecule has 3 rings (SSSR count). The summed E-state index contributed by atoms with van der Waals surface area (Å²) in [6.07, 6.45) is 0. The van der Waals surface area contributed by atoms with Gasteiger partial charge in [-0.05, 0) is 48.9 Å². The number of nitrogens with zero attached hydrogens (tertiary/aromatic N) is 1. The van der Waals surface area contributed by atoms with Gasteiger partial charge in [-0.15, -0.1) is 0 Å². The molecule has 9 heteroatoms. The Kier molecular flexibility index (Phi) is 5.94. The quantitative estimate of drug-likeness (QED) is 0.358. The molecule has 0 aliphatic heterocycles. The number of esters is 1. The number of non-ortho nitro benzene ring substituents is 1. The number of carbonyl (C=O) groups excluding carboxylic acids is 2. The number of nitro groups is 1. The third-order valence-corrected chi connectivity index (χ3v) is 4.21. The first-order valence-electron chi connectivity index (χ1n) is 8.41. The molecule has 0 aliphatic rings. The van der Waals surface area contributed by atoms with Crippen LogP contribution in [-0.4, -0.2) is 23.4 Å². The second-order valence-corrected chi connectivity index (χ2v) is 6.49. The first-order valence-corrected chi connectivity index (χ1v) is 8.79. The molecule has 1 aromatic heterocycles. The summed E-state index contributed by atoms with van der Waals surface area (Å²) in [7, 11) is 0. The van der Waals surface area contributed by atoms with Crippen molar-refractivity contribution in [3.63, 3.8) is 0 Å². The van der Waals surface area contributed by atoms with Gasteiger partial charge in [0.15, 0.2) is 6.61 Å². The number of benzene rings is 2. The molecule has 1 amide bonds. The van der Waals surface area contributed by atoms with Crippen LogP contribution in [0.2, 0.25) is 5.02 Å². The molecule has 1 N–H and O–H groups in total. The fourth-order valence-corrected chi connectivity index (χ4v) is 2.64. The topological polar surface area (TPSA) is 112 Å². The molecule has 0 unspecified atom stereocenters. The lowest BCUT2D eigenvalue weighted by atomic mass is 10.1. The molecular weight excluding hydrogens is 400 g/mol. The van der Waals surface area contributed by atoms with Gasteiger partial charge in [-0.25, -0.2) is 4.79 Å². The van der Waals surface area contributed by atoms with Gasteiger partial charge in [0, 0.05) is 28.4 Å². The van der Waals surface area contributed by atoms with Crippen molar-refractivity contribution >= 4 is 34.9 Å². The number of hydrogen-bond acceptors (Lipinski definition) is 6. The molecule has 0 aliphatic carbocycles. The minimum absolute atomic E-state index is 0.0547. The summed E-state index contributed by atoms with van der Waals surface area (Å²) in [5, 5.41) is 13.8. The number of rotatable bonds is 6. The molecule has 29 heavy (non-hydrogen) atoms. The Bertz CT molecular complexity index is 1070. The lowest BCUT2D eigenvalue weighted by Gasteiger charge is -2.09. The predicted octanol–water partition coefficient (Wildman–Crippen LogP) is 4.61. The summed E-state index contributed by atoms with van der Waals surface area (Å²) < 4.78 is 10.4. The number of ether oxygens (including phenoxy) is 1. The zero-order chi connectivity index (χ0) is 21.0. The van der Waals surface area contributed by atoms with Gasteiger partial charge in [0.05, 0.1) is 4.92 Å². The van der Waals surface area contributed by atoms with E-state index in [1.165, 1.54) is 36.4 Å². The zero-order valence-corrected chi connectivity index (χ0v) is 15.9. The van der Waals surface area contributed by atoms with E-state index in [1.54, 1.807) is 25.1 Å². The SMILES string of the molecule is Cc1ccc(Cl)cc1NC(=O)COC(=O)c1ccc(-c2ccc([N+](=O)[O-])cc2)o1. The lowest BCUT2D eigenvalue weighted by Crippen LogP contribution is -2.21. The number of anilines is 1. The molecule has 1 heterocycles. The van der Waals surface area contributed by atoms with Gasteiger partial charge >= 0.3 is 5.97 Å². The normalized spacial score (nSPS) is 10.4. The van der Waals surface area contributed by atoms with Gasteiger partial charge in [0.2, 0.25) is 5.76 Å². The third-order valence-electron chi connectivity index (χ3n) is 3.98. The van der Waals surface area contributed by atoms with Crippen LogP contribution in [0.3, 0.4) is 0 Å². The van der Waals surface area contributed by atoms with E-state index in [2.05, 4.69) is 5.32 Å². The molecule has 0 fully saturated rings. The van der Waals surface area contributed by atoms with Crippen molar-refractivity contribution in [1.29, 1.82) is 0 Å². The molecule has 0 atom stereocenters. The maximum absolute atomic E-state index is 12.1. The average Bonchev–Trinajstić information content (AvgIpc) is 3.19. The second-order valence-electron chi connectivity index (χ2n) is 6.05. The standard InChI is InChI=1S/C20H15ClN2O6/c1-12-2-5-14(21)10-16(12)22-19(24)11-28-20(25)18-9-8-17(29-18)13-3-6-15(7-4-13)23(26)27/h2-10H,11H2,1H3,(H,22,24). The molecule has 3 aromatic rings. The van der Waals surface area contributed by atoms with E-state index in [1.807, 2.05) is 0 Å². The molecule has 0 saturated carbocycles. The Morgan fingerprint density at radius 2 is 1.86 bits per heavy atom. The molecule has 8 nitrogen and oxygen atoms in total. The van der Waals surface area contributed by atoms with Crippen LogP contribution in [0.15, 0.2) is 59.0 Å². The van der Waals surface area contributed by atoms with Crippen molar-refractivity contribution in [2.75, 3.05) is 11.9 Å². The van der Waals surface area contributed by atoms with Crippen LogP contribution in [-0.2, 0) is 9.53 Å². The minimum Gasteiger partial charge on any atom is -0.450 e. The lowest BCUT2D eigenvalue weighted by molar-refractivity contribution is -0.384. The van der Waals surface area contributed by atoms with Crippen molar-refractivity contribution in [2.24, 2.45) is 0 Å². The van der Waals surface area contributed by atoms with Crippen LogP contribution in [0.25, 0.3) is 11.3 Å². The summed E-state index contributed by atoms with van der Waals surface area (Å²) in [5.41, 5.74) is 1.84.